The third-order valence-corrected chi connectivity index (χ3v) is 6.78. The van der Waals surface area contributed by atoms with Gasteiger partial charge in [0, 0.05) is 31.9 Å². The molecule has 0 unspecified atom stereocenters. The van der Waals surface area contributed by atoms with Crippen LogP contribution in [0.15, 0.2) is 35.2 Å². The molecule has 6 heteroatoms. The molecule has 0 saturated carbocycles. The van der Waals surface area contributed by atoms with Crippen molar-refractivity contribution in [2.45, 2.75) is 39.5 Å². The molecule has 0 aromatic heterocycles. The molecule has 0 aliphatic heterocycles. The van der Waals surface area contributed by atoms with Crippen LogP contribution in [-0.4, -0.2) is 39.3 Å². The van der Waals surface area contributed by atoms with Crippen LogP contribution in [0.4, 0.5) is 5.69 Å². The van der Waals surface area contributed by atoms with Gasteiger partial charge in [-0.1, -0.05) is 12.1 Å². The van der Waals surface area contributed by atoms with Crippen molar-refractivity contribution in [3.63, 3.8) is 0 Å². The van der Waals surface area contributed by atoms with Crippen LogP contribution in [-0.2, 0) is 10.0 Å². The van der Waals surface area contributed by atoms with Crippen molar-refractivity contribution >= 4 is 21.6 Å². The predicted molar refractivity (Wildman–Crippen MR) is 110 cm³/mol. The zero-order chi connectivity index (χ0) is 20.5. The highest BCUT2D eigenvalue weighted by Crippen LogP contribution is 2.27. The summed E-state index contributed by atoms with van der Waals surface area (Å²) >= 11 is 0. The van der Waals surface area contributed by atoms with Crippen LogP contribution in [0.5, 0.6) is 0 Å². The van der Waals surface area contributed by atoms with Gasteiger partial charge in [-0.25, -0.2) is 12.7 Å². The molecule has 0 saturated heterocycles. The summed E-state index contributed by atoms with van der Waals surface area (Å²) in [6.45, 7) is 9.95. The van der Waals surface area contributed by atoms with E-state index in [1.165, 1.54) is 24.5 Å². The van der Waals surface area contributed by atoms with Crippen LogP contribution in [0, 0.1) is 27.7 Å². The predicted octanol–water partition coefficient (Wildman–Crippen LogP) is 3.84. The molecule has 27 heavy (non-hydrogen) atoms. The number of aryl methyl sites for hydroxylation is 3. The van der Waals surface area contributed by atoms with Gasteiger partial charge in [-0.05, 0) is 75.1 Å². The standard InChI is InChI=1S/C21H28N2O3S/c1-8-23(19-11-14(2)9-10-15(19)3)21(24)18-12-16(4)17(5)20(13-18)27(25,26)22(6)7/h9-13H,8H2,1-7H3. The minimum absolute atomic E-state index is 0.174. The molecule has 2 rings (SSSR count). The molecule has 0 heterocycles. The lowest BCUT2D eigenvalue weighted by molar-refractivity contribution is 0.0988. The summed E-state index contributed by atoms with van der Waals surface area (Å²) < 4.78 is 26.5. The highest BCUT2D eigenvalue weighted by Gasteiger charge is 2.25. The number of carbonyl (C=O) groups is 1. The Labute approximate surface area is 162 Å². The van der Waals surface area contributed by atoms with Crippen molar-refractivity contribution < 1.29 is 13.2 Å². The Balaban J connectivity index is 2.62. The second-order valence-corrected chi connectivity index (χ2v) is 9.16. The summed E-state index contributed by atoms with van der Waals surface area (Å²) in [5.74, 6) is -0.204. The Morgan fingerprint density at radius 1 is 0.963 bits per heavy atom. The zero-order valence-corrected chi connectivity index (χ0v) is 17.9. The minimum Gasteiger partial charge on any atom is -0.308 e. The Bertz CT molecular complexity index is 979. The van der Waals surface area contributed by atoms with E-state index < -0.39 is 10.0 Å². The third-order valence-electron chi connectivity index (χ3n) is 4.84. The zero-order valence-electron chi connectivity index (χ0n) is 17.1. The van der Waals surface area contributed by atoms with Gasteiger partial charge in [-0.2, -0.15) is 0 Å². The molecule has 5 nitrogen and oxygen atoms in total. The topological polar surface area (TPSA) is 57.7 Å². The molecule has 1 amide bonds. The first-order chi connectivity index (χ1) is 12.5. The van der Waals surface area contributed by atoms with E-state index >= 15 is 0 Å². The maximum atomic E-state index is 13.3. The van der Waals surface area contributed by atoms with Gasteiger partial charge >= 0.3 is 0 Å². The minimum atomic E-state index is -3.64. The van der Waals surface area contributed by atoms with Gasteiger partial charge in [0.25, 0.3) is 5.91 Å². The average molecular weight is 389 g/mol. The molecule has 0 aliphatic rings. The summed E-state index contributed by atoms with van der Waals surface area (Å²) in [5.41, 5.74) is 4.73. The number of carbonyl (C=O) groups excluding carboxylic acids is 1. The fraction of sp³-hybridized carbons (Fsp3) is 0.381. The lowest BCUT2D eigenvalue weighted by Crippen LogP contribution is -2.32. The van der Waals surface area contributed by atoms with Crippen molar-refractivity contribution in [1.82, 2.24) is 4.31 Å². The average Bonchev–Trinajstić information content (AvgIpc) is 2.60. The molecule has 0 fully saturated rings. The largest absolute Gasteiger partial charge is 0.308 e. The van der Waals surface area contributed by atoms with Crippen LogP contribution >= 0.6 is 0 Å². The van der Waals surface area contributed by atoms with Crippen molar-refractivity contribution in [3.05, 3.63) is 58.1 Å². The molecule has 0 N–H and O–H groups in total. The van der Waals surface area contributed by atoms with Crippen LogP contribution in [0.3, 0.4) is 0 Å². The Kier molecular flexibility index (Phi) is 6.12. The molecule has 0 spiro atoms. The van der Waals surface area contributed by atoms with Gasteiger partial charge < -0.3 is 4.90 Å². The Morgan fingerprint density at radius 2 is 1.59 bits per heavy atom. The normalized spacial score (nSPS) is 11.7. The van der Waals surface area contributed by atoms with Crippen molar-refractivity contribution in [3.8, 4) is 0 Å². The fourth-order valence-electron chi connectivity index (χ4n) is 3.00. The summed E-state index contributed by atoms with van der Waals surface area (Å²) in [6, 6.07) is 9.24. The number of hydrogen-bond donors (Lipinski definition) is 0. The van der Waals surface area contributed by atoms with E-state index in [0.717, 1.165) is 22.4 Å². The number of nitrogens with zero attached hydrogens (tertiary/aromatic N) is 2. The highest BCUT2D eigenvalue weighted by molar-refractivity contribution is 7.89. The van der Waals surface area contributed by atoms with E-state index in [2.05, 4.69) is 0 Å². The lowest BCUT2D eigenvalue weighted by atomic mass is 10.0. The maximum absolute atomic E-state index is 13.3. The molecule has 0 atom stereocenters. The molecule has 2 aromatic rings. The molecule has 2 aromatic carbocycles. The quantitative estimate of drug-likeness (QED) is 0.782. The lowest BCUT2D eigenvalue weighted by Gasteiger charge is -2.24. The van der Waals surface area contributed by atoms with Gasteiger partial charge in [0.05, 0.1) is 4.90 Å². The van der Waals surface area contributed by atoms with E-state index in [4.69, 9.17) is 0 Å². The second-order valence-electron chi connectivity index (χ2n) is 7.04. The smallest absolute Gasteiger partial charge is 0.258 e. The first-order valence-corrected chi connectivity index (χ1v) is 10.4. The number of sulfonamides is 1. The molecule has 0 radical (unpaired) electrons. The summed E-state index contributed by atoms with van der Waals surface area (Å²) in [7, 11) is -0.649. The van der Waals surface area contributed by atoms with Gasteiger partial charge in [0.15, 0.2) is 0 Å². The van der Waals surface area contributed by atoms with E-state index in [1.807, 2.05) is 45.9 Å². The number of anilines is 1. The summed E-state index contributed by atoms with van der Waals surface area (Å²) in [4.78, 5) is 15.1. The van der Waals surface area contributed by atoms with E-state index in [9.17, 15) is 13.2 Å². The number of amides is 1. The molecule has 0 aliphatic carbocycles. The SMILES string of the molecule is CCN(C(=O)c1cc(C)c(C)c(S(=O)(=O)N(C)C)c1)c1cc(C)ccc1C. The first kappa shape index (κ1) is 21.1. The number of hydrogen-bond acceptors (Lipinski definition) is 3. The molecular weight excluding hydrogens is 360 g/mol. The van der Waals surface area contributed by atoms with Crippen molar-refractivity contribution in [2.24, 2.45) is 0 Å². The van der Waals surface area contributed by atoms with Crippen LogP contribution in [0.2, 0.25) is 0 Å². The Hall–Kier alpha value is -2.18. The summed E-state index contributed by atoms with van der Waals surface area (Å²) in [5, 5.41) is 0. The number of benzene rings is 2. The number of rotatable bonds is 5. The van der Waals surface area contributed by atoms with Crippen LogP contribution in [0.1, 0.15) is 39.5 Å². The van der Waals surface area contributed by atoms with E-state index in [-0.39, 0.29) is 10.8 Å². The van der Waals surface area contributed by atoms with Crippen LogP contribution < -0.4 is 4.90 Å². The fourth-order valence-corrected chi connectivity index (χ4v) is 4.22. The summed E-state index contributed by atoms with van der Waals surface area (Å²) in [6.07, 6.45) is 0. The van der Waals surface area contributed by atoms with E-state index in [0.29, 0.717) is 17.7 Å². The monoisotopic (exact) mass is 388 g/mol. The van der Waals surface area contributed by atoms with E-state index in [1.54, 1.807) is 17.9 Å². The van der Waals surface area contributed by atoms with Crippen molar-refractivity contribution in [1.29, 1.82) is 0 Å². The second kappa shape index (κ2) is 7.82. The molecule has 0 bridgehead atoms. The first-order valence-electron chi connectivity index (χ1n) is 8.93. The van der Waals surface area contributed by atoms with Crippen molar-refractivity contribution in [2.75, 3.05) is 25.5 Å². The Morgan fingerprint density at radius 3 is 2.15 bits per heavy atom. The highest BCUT2D eigenvalue weighted by atomic mass is 32.2. The van der Waals surface area contributed by atoms with Crippen LogP contribution in [0.25, 0.3) is 0 Å². The maximum Gasteiger partial charge on any atom is 0.258 e. The van der Waals surface area contributed by atoms with Gasteiger partial charge in [-0.15, -0.1) is 0 Å². The van der Waals surface area contributed by atoms with Gasteiger partial charge in [-0.3, -0.25) is 4.79 Å². The molecular formula is C21H28N2O3S. The van der Waals surface area contributed by atoms with Gasteiger partial charge in [0.1, 0.15) is 0 Å². The van der Waals surface area contributed by atoms with Gasteiger partial charge in [0.2, 0.25) is 10.0 Å². The molecule has 146 valence electrons. The third kappa shape index (κ3) is 4.06.